The predicted octanol–water partition coefficient (Wildman–Crippen LogP) is 0.295. The molecule has 0 aliphatic carbocycles. The highest BCUT2D eigenvalue weighted by atomic mass is 16.2. The SMILES string of the molecule is N#Cc1cc(C(=O)NNC(=O)c2ccnc(C#N)c2)ccn1. The number of aromatic nitrogens is 2. The smallest absolute Gasteiger partial charge is 0.267 e. The van der Waals surface area contributed by atoms with Gasteiger partial charge in [-0.05, 0) is 24.3 Å². The summed E-state index contributed by atoms with van der Waals surface area (Å²) in [6.45, 7) is 0. The first kappa shape index (κ1) is 14.6. The first-order valence-electron chi connectivity index (χ1n) is 5.97. The molecule has 2 aromatic heterocycles. The molecule has 0 saturated carbocycles. The van der Waals surface area contributed by atoms with E-state index >= 15 is 0 Å². The van der Waals surface area contributed by atoms with Crippen LogP contribution in [-0.2, 0) is 0 Å². The van der Waals surface area contributed by atoms with Crippen LogP contribution >= 0.6 is 0 Å². The highest BCUT2D eigenvalue weighted by Crippen LogP contribution is 2.02. The fourth-order valence-corrected chi connectivity index (χ4v) is 1.52. The van der Waals surface area contributed by atoms with Crippen molar-refractivity contribution in [1.82, 2.24) is 20.8 Å². The molecule has 8 nitrogen and oxygen atoms in total. The fourth-order valence-electron chi connectivity index (χ4n) is 1.52. The molecule has 0 bridgehead atoms. The molecule has 0 unspecified atom stereocenters. The summed E-state index contributed by atoms with van der Waals surface area (Å²) < 4.78 is 0. The van der Waals surface area contributed by atoms with Crippen LogP contribution in [-0.4, -0.2) is 21.8 Å². The molecule has 22 heavy (non-hydrogen) atoms. The van der Waals surface area contributed by atoms with Gasteiger partial charge in [-0.1, -0.05) is 0 Å². The zero-order valence-corrected chi connectivity index (χ0v) is 11.1. The molecule has 0 atom stereocenters. The van der Waals surface area contributed by atoms with Crippen molar-refractivity contribution in [2.45, 2.75) is 0 Å². The molecule has 8 heteroatoms. The number of nitriles is 2. The van der Waals surface area contributed by atoms with E-state index in [4.69, 9.17) is 10.5 Å². The van der Waals surface area contributed by atoms with Crippen LogP contribution in [0, 0.1) is 22.7 Å². The van der Waals surface area contributed by atoms with Crippen LogP contribution in [0.3, 0.4) is 0 Å². The van der Waals surface area contributed by atoms with Crippen molar-refractivity contribution in [3.63, 3.8) is 0 Å². The molecule has 2 amide bonds. The molecule has 2 heterocycles. The third-order valence-electron chi connectivity index (χ3n) is 2.56. The first-order valence-corrected chi connectivity index (χ1v) is 5.97. The normalized spacial score (nSPS) is 9.18. The second-order valence-corrected chi connectivity index (χ2v) is 3.99. The van der Waals surface area contributed by atoms with E-state index in [-0.39, 0.29) is 22.5 Å². The van der Waals surface area contributed by atoms with Gasteiger partial charge in [-0.2, -0.15) is 10.5 Å². The monoisotopic (exact) mass is 292 g/mol. The molecule has 106 valence electrons. The lowest BCUT2D eigenvalue weighted by Gasteiger charge is -2.07. The number of rotatable bonds is 2. The van der Waals surface area contributed by atoms with Crippen molar-refractivity contribution in [3.8, 4) is 12.1 Å². The average molecular weight is 292 g/mol. The van der Waals surface area contributed by atoms with Crippen molar-refractivity contribution in [2.24, 2.45) is 0 Å². The van der Waals surface area contributed by atoms with Crippen molar-refractivity contribution in [2.75, 3.05) is 0 Å². The molecule has 2 aromatic rings. The average Bonchev–Trinajstić information content (AvgIpc) is 2.59. The summed E-state index contributed by atoms with van der Waals surface area (Å²) in [7, 11) is 0. The van der Waals surface area contributed by atoms with Gasteiger partial charge in [-0.3, -0.25) is 20.4 Å². The molecule has 0 saturated heterocycles. The summed E-state index contributed by atoms with van der Waals surface area (Å²) in [5.74, 6) is -1.19. The van der Waals surface area contributed by atoms with Crippen LogP contribution in [0.25, 0.3) is 0 Å². The molecular formula is C14H8N6O2. The number of hydrogen-bond donors (Lipinski definition) is 2. The zero-order chi connectivity index (χ0) is 15.9. The Kier molecular flexibility index (Phi) is 4.38. The Bertz CT molecular complexity index is 749. The molecule has 2 N–H and O–H groups in total. The zero-order valence-electron chi connectivity index (χ0n) is 11.1. The van der Waals surface area contributed by atoms with Crippen molar-refractivity contribution in [1.29, 1.82) is 10.5 Å². The Morgan fingerprint density at radius 2 is 1.27 bits per heavy atom. The van der Waals surface area contributed by atoms with Crippen LogP contribution in [0.1, 0.15) is 32.1 Å². The van der Waals surface area contributed by atoms with E-state index in [1.165, 1.54) is 36.7 Å². The van der Waals surface area contributed by atoms with Gasteiger partial charge in [0.25, 0.3) is 11.8 Å². The van der Waals surface area contributed by atoms with Gasteiger partial charge in [0.05, 0.1) is 0 Å². The van der Waals surface area contributed by atoms with Gasteiger partial charge in [-0.25, -0.2) is 9.97 Å². The molecule has 0 spiro atoms. The maximum atomic E-state index is 11.8. The third kappa shape index (κ3) is 3.40. The summed E-state index contributed by atoms with van der Waals surface area (Å²) >= 11 is 0. The van der Waals surface area contributed by atoms with E-state index in [1.54, 1.807) is 0 Å². The summed E-state index contributed by atoms with van der Waals surface area (Å²) in [6, 6.07) is 9.02. The van der Waals surface area contributed by atoms with Gasteiger partial charge in [0, 0.05) is 23.5 Å². The number of pyridine rings is 2. The Morgan fingerprint density at radius 3 is 1.64 bits per heavy atom. The highest BCUT2D eigenvalue weighted by Gasteiger charge is 2.10. The van der Waals surface area contributed by atoms with Gasteiger partial charge in [-0.15, -0.1) is 0 Å². The van der Waals surface area contributed by atoms with Crippen LogP contribution in [0.15, 0.2) is 36.7 Å². The van der Waals surface area contributed by atoms with Crippen molar-refractivity contribution >= 4 is 11.8 Å². The van der Waals surface area contributed by atoms with Gasteiger partial charge in [0.2, 0.25) is 0 Å². The summed E-state index contributed by atoms with van der Waals surface area (Å²) in [6.07, 6.45) is 2.63. The second-order valence-electron chi connectivity index (χ2n) is 3.99. The number of carbonyl (C=O) groups excluding carboxylic acids is 2. The summed E-state index contributed by atoms with van der Waals surface area (Å²) in [5, 5.41) is 17.4. The van der Waals surface area contributed by atoms with Gasteiger partial charge >= 0.3 is 0 Å². The maximum Gasteiger partial charge on any atom is 0.269 e. The quantitative estimate of drug-likeness (QED) is 0.765. The van der Waals surface area contributed by atoms with E-state index < -0.39 is 11.8 Å². The number of carbonyl (C=O) groups is 2. The topological polar surface area (TPSA) is 132 Å². The number of nitrogens with one attached hydrogen (secondary N) is 2. The Morgan fingerprint density at radius 1 is 0.864 bits per heavy atom. The van der Waals surface area contributed by atoms with Gasteiger partial charge in [0.1, 0.15) is 23.5 Å². The summed E-state index contributed by atoms with van der Waals surface area (Å²) in [5.41, 5.74) is 4.95. The van der Waals surface area contributed by atoms with E-state index in [1.807, 2.05) is 12.1 Å². The fraction of sp³-hybridized carbons (Fsp3) is 0. The van der Waals surface area contributed by atoms with Crippen LogP contribution < -0.4 is 10.9 Å². The molecule has 0 radical (unpaired) electrons. The minimum Gasteiger partial charge on any atom is -0.267 e. The van der Waals surface area contributed by atoms with Gasteiger partial charge < -0.3 is 0 Å². The van der Waals surface area contributed by atoms with Crippen LogP contribution in [0.4, 0.5) is 0 Å². The first-order chi connectivity index (χ1) is 10.6. The summed E-state index contributed by atoms with van der Waals surface area (Å²) in [4.78, 5) is 31.2. The number of amides is 2. The van der Waals surface area contributed by atoms with Crippen molar-refractivity contribution < 1.29 is 9.59 Å². The number of hydrazine groups is 1. The minimum absolute atomic E-state index is 0.0896. The Labute approximate surface area is 125 Å². The lowest BCUT2D eigenvalue weighted by atomic mass is 10.2. The standard InChI is InChI=1S/C14H8N6O2/c15-7-11-5-9(1-3-17-11)13(21)19-20-14(22)10-2-4-18-12(6-10)8-16/h1-6H,(H,19,21)(H,20,22). The molecule has 0 aliphatic heterocycles. The van der Waals surface area contributed by atoms with E-state index in [9.17, 15) is 9.59 Å². The Balaban J connectivity index is 2.03. The third-order valence-corrected chi connectivity index (χ3v) is 2.56. The highest BCUT2D eigenvalue weighted by molar-refractivity contribution is 5.99. The molecule has 0 aliphatic rings. The van der Waals surface area contributed by atoms with Crippen LogP contribution in [0.2, 0.25) is 0 Å². The van der Waals surface area contributed by atoms with E-state index in [2.05, 4.69) is 20.8 Å². The molecule has 0 aromatic carbocycles. The second kappa shape index (κ2) is 6.59. The predicted molar refractivity (Wildman–Crippen MR) is 72.8 cm³/mol. The minimum atomic E-state index is -0.596. The number of hydrogen-bond acceptors (Lipinski definition) is 6. The van der Waals surface area contributed by atoms with E-state index in [0.717, 1.165) is 0 Å². The van der Waals surface area contributed by atoms with Crippen molar-refractivity contribution in [3.05, 3.63) is 59.2 Å². The lowest BCUT2D eigenvalue weighted by Crippen LogP contribution is -2.41. The maximum absolute atomic E-state index is 11.8. The number of nitrogens with zero attached hydrogens (tertiary/aromatic N) is 4. The lowest BCUT2D eigenvalue weighted by molar-refractivity contribution is 0.0846. The van der Waals surface area contributed by atoms with E-state index in [0.29, 0.717) is 0 Å². The molecule has 2 rings (SSSR count). The Hall–Kier alpha value is -3.78. The molecule has 0 fully saturated rings. The van der Waals surface area contributed by atoms with Gasteiger partial charge in [0.15, 0.2) is 0 Å². The molecular weight excluding hydrogens is 284 g/mol. The largest absolute Gasteiger partial charge is 0.269 e. The van der Waals surface area contributed by atoms with Crippen LogP contribution in [0.5, 0.6) is 0 Å².